The summed E-state index contributed by atoms with van der Waals surface area (Å²) in [6.45, 7) is 4.56. The summed E-state index contributed by atoms with van der Waals surface area (Å²) in [6.07, 6.45) is 16.8. The molecule has 0 bridgehead atoms. The molecule has 51 heavy (non-hydrogen) atoms. The maximum atomic E-state index is 13.0. The van der Waals surface area contributed by atoms with Crippen LogP contribution in [0.3, 0.4) is 0 Å². The molecular weight excluding hydrogens is 656 g/mol. The Balaban J connectivity index is 1.51. The second-order valence-corrected chi connectivity index (χ2v) is 15.0. The smallest absolute Gasteiger partial charge is 0.407 e. The number of carbonyl (C=O) groups is 3. The highest BCUT2D eigenvalue weighted by Gasteiger charge is 2.34. The molecule has 3 rings (SSSR count). The Morgan fingerprint density at radius 3 is 1.35 bits per heavy atom. The minimum absolute atomic E-state index is 0.0222. The topological polar surface area (TPSA) is 205 Å². The molecule has 0 spiro atoms. The van der Waals surface area contributed by atoms with E-state index in [1.807, 2.05) is 6.92 Å². The predicted octanol–water partition coefficient (Wildman–Crippen LogP) is 5.64. The fraction of sp³-hybridized carbons (Fsp3) is 0.838. The fourth-order valence-corrected chi connectivity index (χ4v) is 7.97. The van der Waals surface area contributed by atoms with E-state index in [0.29, 0.717) is 64.1 Å². The number of hydrogen-bond acceptors (Lipinski definition) is 11. The van der Waals surface area contributed by atoms with Gasteiger partial charge in [0.05, 0.1) is 0 Å². The Morgan fingerprint density at radius 2 is 0.980 bits per heavy atom. The minimum atomic E-state index is -0.772. The van der Waals surface area contributed by atoms with Gasteiger partial charge >= 0.3 is 12.2 Å². The van der Waals surface area contributed by atoms with E-state index in [1.165, 1.54) is 0 Å². The van der Waals surface area contributed by atoms with Crippen molar-refractivity contribution in [1.82, 2.24) is 16.0 Å². The van der Waals surface area contributed by atoms with Crippen molar-refractivity contribution in [3.63, 3.8) is 0 Å². The third kappa shape index (κ3) is 16.2. The predicted molar refractivity (Wildman–Crippen MR) is 185 cm³/mol. The summed E-state index contributed by atoms with van der Waals surface area (Å²) in [5, 5.41) is 35.0. The Hall–Kier alpha value is -4.12. The van der Waals surface area contributed by atoms with Gasteiger partial charge in [-0.05, 0) is 106 Å². The first-order chi connectivity index (χ1) is 24.8. The number of alkyl carbamates (subject to hydrolysis) is 2. The van der Waals surface area contributed by atoms with Crippen LogP contribution >= 0.6 is 0 Å². The molecule has 3 aliphatic rings. The molecule has 14 heteroatoms. The van der Waals surface area contributed by atoms with Crippen LogP contribution in [0.5, 0.6) is 0 Å². The summed E-state index contributed by atoms with van der Waals surface area (Å²) in [5.41, 5.74) is -0.772. The highest BCUT2D eigenvalue weighted by molar-refractivity contribution is 5.76. The lowest BCUT2D eigenvalue weighted by Crippen LogP contribution is -2.40. The van der Waals surface area contributed by atoms with E-state index in [4.69, 9.17) is 39.5 Å². The molecule has 0 heterocycles. The van der Waals surface area contributed by atoms with Gasteiger partial charge < -0.3 is 39.6 Å². The number of carbonyl (C=O) groups excluding carboxylic acids is 3. The van der Waals surface area contributed by atoms with E-state index in [1.54, 1.807) is 18.8 Å². The van der Waals surface area contributed by atoms with Gasteiger partial charge in [-0.15, -0.1) is 0 Å². The van der Waals surface area contributed by atoms with Crippen LogP contribution in [0.1, 0.15) is 103 Å². The zero-order chi connectivity index (χ0) is 36.7. The van der Waals surface area contributed by atoms with Gasteiger partial charge in [0, 0.05) is 31.5 Å². The van der Waals surface area contributed by atoms with Gasteiger partial charge in [0.1, 0.15) is 33.0 Å². The molecule has 0 aliphatic heterocycles. The Bertz CT molecular complexity index is 1060. The molecule has 0 radical (unpaired) electrons. The third-order valence-electron chi connectivity index (χ3n) is 11.1. The van der Waals surface area contributed by atoms with Crippen LogP contribution in [-0.2, 0) is 28.5 Å². The molecule has 0 aromatic carbocycles. The van der Waals surface area contributed by atoms with E-state index in [-0.39, 0.29) is 49.2 Å². The molecular formula is C37H58N6O8. The molecule has 3 fully saturated rings. The van der Waals surface area contributed by atoms with Crippen molar-refractivity contribution in [2.45, 2.75) is 103 Å². The lowest BCUT2D eigenvalue weighted by molar-refractivity contribution is -0.122. The quantitative estimate of drug-likeness (QED) is 0.132. The maximum Gasteiger partial charge on any atom is 0.407 e. The van der Waals surface area contributed by atoms with Gasteiger partial charge in [-0.2, -0.15) is 15.8 Å². The number of rotatable bonds is 20. The summed E-state index contributed by atoms with van der Waals surface area (Å²) in [4.78, 5) is 38.8. The summed E-state index contributed by atoms with van der Waals surface area (Å²) in [7, 11) is 0. The van der Waals surface area contributed by atoms with E-state index < -0.39 is 17.6 Å². The summed E-state index contributed by atoms with van der Waals surface area (Å²) in [6, 6.07) is 0. The first kappa shape index (κ1) is 41.3. The van der Waals surface area contributed by atoms with E-state index in [0.717, 1.165) is 77.0 Å². The van der Waals surface area contributed by atoms with Crippen molar-refractivity contribution in [1.29, 1.82) is 15.8 Å². The lowest BCUT2D eigenvalue weighted by atomic mass is 9.81. The molecule has 3 aliphatic carbocycles. The average Bonchev–Trinajstić information content (AvgIpc) is 3.16. The highest BCUT2D eigenvalue weighted by Crippen LogP contribution is 2.32. The van der Waals surface area contributed by atoms with Crippen molar-refractivity contribution in [3.8, 4) is 18.8 Å². The van der Waals surface area contributed by atoms with Gasteiger partial charge in [0.25, 0.3) is 18.8 Å². The monoisotopic (exact) mass is 714 g/mol. The molecule has 3 amide bonds. The molecule has 6 unspecified atom stereocenters. The zero-order valence-electron chi connectivity index (χ0n) is 30.3. The molecule has 0 saturated heterocycles. The van der Waals surface area contributed by atoms with E-state index >= 15 is 0 Å². The fourth-order valence-electron chi connectivity index (χ4n) is 7.97. The Kier molecular flexibility index (Phi) is 18.9. The number of nitrogens with one attached hydrogen (secondary N) is 3. The van der Waals surface area contributed by atoms with Crippen molar-refractivity contribution in [2.24, 2.45) is 40.9 Å². The van der Waals surface area contributed by atoms with Crippen LogP contribution < -0.4 is 16.0 Å². The van der Waals surface area contributed by atoms with Crippen LogP contribution in [0, 0.1) is 75.5 Å². The standard InChI is InChI=1S/C37H58N6O8/c1-2-37(13-12-34(44)41-17-28-6-3-9-31(14-28)20-47-25-38,23-50-35(45)42-18-29-7-4-10-32(15-29)21-48-26-39)24-51-36(46)43-19-30-8-5-11-33(16-30)22-49-27-40/h28-33H,2-24H2,1H3,(H,41,44)(H,42,45)(H,43,46). The number of nitriles is 3. The van der Waals surface area contributed by atoms with Gasteiger partial charge in [-0.3, -0.25) is 4.79 Å². The zero-order valence-corrected chi connectivity index (χ0v) is 30.3. The van der Waals surface area contributed by atoms with E-state index in [9.17, 15) is 14.4 Å². The SMILES string of the molecule is CCC(CCC(=O)NCC1CCCC(COC#N)C1)(COC(=O)NCC1CCCC(COC#N)C1)COC(=O)NCC1CCCC(COC#N)C1. The number of ether oxygens (including phenoxy) is 5. The first-order valence-electron chi connectivity index (χ1n) is 18.9. The first-order valence-corrected chi connectivity index (χ1v) is 18.9. The van der Waals surface area contributed by atoms with Crippen molar-refractivity contribution in [2.75, 3.05) is 52.7 Å². The Morgan fingerprint density at radius 1 is 0.608 bits per heavy atom. The molecule has 14 nitrogen and oxygen atoms in total. The summed E-state index contributed by atoms with van der Waals surface area (Å²) in [5.74, 6) is 1.63. The molecule has 6 atom stereocenters. The van der Waals surface area contributed by atoms with Gasteiger partial charge in [-0.25, -0.2) is 9.59 Å². The van der Waals surface area contributed by atoms with E-state index in [2.05, 4.69) is 16.0 Å². The van der Waals surface area contributed by atoms with Gasteiger partial charge in [0.2, 0.25) is 5.91 Å². The third-order valence-corrected chi connectivity index (χ3v) is 11.1. The number of hydrogen-bond donors (Lipinski definition) is 3. The van der Waals surface area contributed by atoms with Crippen LogP contribution in [0.25, 0.3) is 0 Å². The lowest BCUT2D eigenvalue weighted by Gasteiger charge is -2.32. The highest BCUT2D eigenvalue weighted by atomic mass is 16.6. The van der Waals surface area contributed by atoms with Crippen LogP contribution in [0.15, 0.2) is 0 Å². The van der Waals surface area contributed by atoms with Gasteiger partial charge in [-0.1, -0.05) is 26.2 Å². The van der Waals surface area contributed by atoms with Crippen molar-refractivity contribution in [3.05, 3.63) is 0 Å². The number of amides is 3. The van der Waals surface area contributed by atoms with Crippen molar-refractivity contribution < 1.29 is 38.1 Å². The normalized spacial score (nSPS) is 25.6. The summed E-state index contributed by atoms with van der Waals surface area (Å²) < 4.78 is 26.3. The van der Waals surface area contributed by atoms with Crippen LogP contribution in [0.4, 0.5) is 9.59 Å². The van der Waals surface area contributed by atoms with Crippen LogP contribution in [0.2, 0.25) is 0 Å². The maximum absolute atomic E-state index is 13.0. The molecule has 3 N–H and O–H groups in total. The molecule has 0 aromatic heterocycles. The van der Waals surface area contributed by atoms with Crippen LogP contribution in [-0.4, -0.2) is 70.8 Å². The summed E-state index contributed by atoms with van der Waals surface area (Å²) >= 11 is 0. The van der Waals surface area contributed by atoms with Crippen molar-refractivity contribution >= 4 is 18.1 Å². The minimum Gasteiger partial charge on any atom is -0.449 e. The van der Waals surface area contributed by atoms with Gasteiger partial charge in [0.15, 0.2) is 0 Å². The second-order valence-electron chi connectivity index (χ2n) is 15.0. The largest absolute Gasteiger partial charge is 0.449 e. The second kappa shape index (κ2) is 23.4. The molecule has 284 valence electrons. The molecule has 0 aromatic rings. The average molecular weight is 715 g/mol. The number of nitrogens with zero attached hydrogens (tertiary/aromatic N) is 3. The molecule has 3 saturated carbocycles. The Labute approximate surface area is 303 Å².